The van der Waals surface area contributed by atoms with Crippen LogP contribution in [0.2, 0.25) is 5.02 Å². The largest absolute Gasteiger partial charge is 0.367 e. The van der Waals surface area contributed by atoms with Crippen LogP contribution in [0.5, 0.6) is 0 Å². The quantitative estimate of drug-likeness (QED) is 0.572. The van der Waals surface area contributed by atoms with Crippen LogP contribution >= 0.6 is 11.6 Å². The molecule has 2 rings (SSSR count). The second kappa shape index (κ2) is 7.50. The second-order valence-electron chi connectivity index (χ2n) is 4.96. The van der Waals surface area contributed by atoms with Crippen molar-refractivity contribution in [3.05, 3.63) is 21.7 Å². The highest BCUT2D eigenvalue weighted by Crippen LogP contribution is 2.17. The Morgan fingerprint density at radius 3 is 2.74 bits per heavy atom. The third-order valence-electron chi connectivity index (χ3n) is 3.50. The van der Waals surface area contributed by atoms with Crippen molar-refractivity contribution in [2.75, 3.05) is 18.4 Å². The van der Waals surface area contributed by atoms with Gasteiger partial charge in [0.05, 0.1) is 6.33 Å². The van der Waals surface area contributed by atoms with Gasteiger partial charge in [0.1, 0.15) is 5.02 Å². The first-order chi connectivity index (χ1) is 9.27. The Labute approximate surface area is 118 Å². The van der Waals surface area contributed by atoms with E-state index in [9.17, 15) is 4.79 Å². The molecular weight excluding hydrogens is 264 g/mol. The Kier molecular flexibility index (Phi) is 5.66. The summed E-state index contributed by atoms with van der Waals surface area (Å²) in [4.78, 5) is 17.7. The highest BCUT2D eigenvalue weighted by molar-refractivity contribution is 6.32. The minimum absolute atomic E-state index is 0.122. The number of H-pyrrole nitrogens is 1. The van der Waals surface area contributed by atoms with Crippen LogP contribution in [-0.4, -0.2) is 29.1 Å². The normalized spacial score (nSPS) is 17.1. The number of anilines is 1. The minimum atomic E-state index is -0.309. The first kappa shape index (κ1) is 14.3. The van der Waals surface area contributed by atoms with E-state index >= 15 is 0 Å². The van der Waals surface area contributed by atoms with E-state index < -0.39 is 0 Å². The fourth-order valence-electron chi connectivity index (χ4n) is 2.45. The number of nitrogens with zero attached hydrogens (tertiary/aromatic N) is 1. The fraction of sp³-hybridized carbons (Fsp3) is 0.692. The van der Waals surface area contributed by atoms with E-state index in [1.807, 2.05) is 0 Å². The van der Waals surface area contributed by atoms with Crippen LogP contribution in [0, 0.1) is 0 Å². The summed E-state index contributed by atoms with van der Waals surface area (Å²) < 4.78 is 0. The van der Waals surface area contributed by atoms with Crippen LogP contribution in [0.1, 0.15) is 38.5 Å². The number of hydrogen-bond acceptors (Lipinski definition) is 4. The number of aromatic nitrogens is 2. The summed E-state index contributed by atoms with van der Waals surface area (Å²) in [6, 6.07) is 0.631. The van der Waals surface area contributed by atoms with Gasteiger partial charge >= 0.3 is 0 Å². The molecule has 5 nitrogen and oxygen atoms in total. The zero-order valence-electron chi connectivity index (χ0n) is 11.0. The van der Waals surface area contributed by atoms with Crippen LogP contribution in [0.15, 0.2) is 11.1 Å². The molecule has 1 fully saturated rings. The Morgan fingerprint density at radius 1 is 1.26 bits per heavy atom. The molecule has 1 aliphatic carbocycles. The molecule has 0 bridgehead atoms. The molecule has 6 heteroatoms. The molecular formula is C13H21ClN4O. The number of halogens is 1. The maximum absolute atomic E-state index is 11.3. The van der Waals surface area contributed by atoms with Gasteiger partial charge in [-0.05, 0) is 12.8 Å². The maximum Gasteiger partial charge on any atom is 0.271 e. The van der Waals surface area contributed by atoms with Crippen molar-refractivity contribution in [2.24, 2.45) is 0 Å². The predicted molar refractivity (Wildman–Crippen MR) is 77.9 cm³/mol. The van der Waals surface area contributed by atoms with E-state index in [4.69, 9.17) is 11.6 Å². The van der Waals surface area contributed by atoms with E-state index in [-0.39, 0.29) is 10.6 Å². The summed E-state index contributed by atoms with van der Waals surface area (Å²) in [5.74, 6) is 0.452. The molecule has 19 heavy (non-hydrogen) atoms. The number of hydrogen-bond donors (Lipinski definition) is 3. The lowest BCUT2D eigenvalue weighted by Gasteiger charge is -2.16. The molecule has 1 heterocycles. The topological polar surface area (TPSA) is 69.8 Å². The van der Waals surface area contributed by atoms with Crippen molar-refractivity contribution < 1.29 is 0 Å². The first-order valence-corrected chi connectivity index (χ1v) is 7.35. The van der Waals surface area contributed by atoms with Crippen LogP contribution in [0.25, 0.3) is 0 Å². The van der Waals surface area contributed by atoms with Gasteiger partial charge in [-0.15, -0.1) is 0 Å². The number of nitrogens with one attached hydrogen (secondary N) is 3. The molecule has 0 radical (unpaired) electrons. The van der Waals surface area contributed by atoms with Crippen molar-refractivity contribution in [1.82, 2.24) is 15.3 Å². The molecule has 0 atom stereocenters. The lowest BCUT2D eigenvalue weighted by atomic mass is 10.1. The molecule has 0 unspecified atom stereocenters. The Bertz CT molecular complexity index is 441. The molecule has 0 saturated heterocycles. The third kappa shape index (κ3) is 4.51. The highest BCUT2D eigenvalue weighted by atomic mass is 35.5. The Balaban J connectivity index is 1.71. The average Bonchev–Trinajstić information content (AvgIpc) is 2.68. The van der Waals surface area contributed by atoms with Gasteiger partial charge in [0.25, 0.3) is 5.56 Å². The molecule has 106 valence electrons. The molecule has 1 aromatic heterocycles. The van der Waals surface area contributed by atoms with Gasteiger partial charge < -0.3 is 15.6 Å². The van der Waals surface area contributed by atoms with Gasteiger partial charge in [0, 0.05) is 19.1 Å². The fourth-order valence-corrected chi connectivity index (χ4v) is 2.62. The van der Waals surface area contributed by atoms with Gasteiger partial charge in [0.2, 0.25) is 0 Å². The highest BCUT2D eigenvalue weighted by Gasteiger charge is 2.11. The third-order valence-corrected chi connectivity index (χ3v) is 3.85. The van der Waals surface area contributed by atoms with Crippen molar-refractivity contribution in [1.29, 1.82) is 0 Å². The zero-order chi connectivity index (χ0) is 13.5. The maximum atomic E-state index is 11.3. The summed E-state index contributed by atoms with van der Waals surface area (Å²) in [7, 11) is 0. The number of rotatable bonds is 5. The van der Waals surface area contributed by atoms with E-state index in [0.29, 0.717) is 18.4 Å². The smallest absolute Gasteiger partial charge is 0.271 e. The van der Waals surface area contributed by atoms with Gasteiger partial charge in [-0.25, -0.2) is 4.98 Å². The molecule has 1 saturated carbocycles. The van der Waals surface area contributed by atoms with Gasteiger partial charge in [-0.1, -0.05) is 37.3 Å². The monoisotopic (exact) mass is 284 g/mol. The summed E-state index contributed by atoms with van der Waals surface area (Å²) in [6.07, 6.45) is 9.27. The summed E-state index contributed by atoms with van der Waals surface area (Å²) >= 11 is 5.85. The van der Waals surface area contributed by atoms with Crippen LogP contribution in [0.4, 0.5) is 5.82 Å². The molecule has 1 aromatic rings. The van der Waals surface area contributed by atoms with Crippen LogP contribution in [0.3, 0.4) is 0 Å². The van der Waals surface area contributed by atoms with Gasteiger partial charge in [-0.3, -0.25) is 4.79 Å². The molecule has 0 amide bonds. The summed E-state index contributed by atoms with van der Waals surface area (Å²) in [5.41, 5.74) is -0.309. The molecule has 0 aromatic carbocycles. The lowest BCUT2D eigenvalue weighted by Crippen LogP contribution is -2.32. The Hall–Kier alpha value is -1.07. The van der Waals surface area contributed by atoms with E-state index in [1.54, 1.807) is 0 Å². The number of aromatic amines is 1. The Morgan fingerprint density at radius 2 is 2.00 bits per heavy atom. The van der Waals surface area contributed by atoms with Gasteiger partial charge in [0.15, 0.2) is 5.82 Å². The standard InChI is InChI=1S/C13H21ClN4O/c14-11-12(17-9-18-13(11)19)16-8-7-15-10-5-3-1-2-4-6-10/h9-10,15H,1-8H2,(H2,16,17,18,19). The summed E-state index contributed by atoms with van der Waals surface area (Å²) in [6.45, 7) is 1.57. The van der Waals surface area contributed by atoms with E-state index in [0.717, 1.165) is 6.54 Å². The van der Waals surface area contributed by atoms with Gasteiger partial charge in [-0.2, -0.15) is 0 Å². The van der Waals surface area contributed by atoms with Crippen molar-refractivity contribution >= 4 is 17.4 Å². The van der Waals surface area contributed by atoms with Crippen LogP contribution in [-0.2, 0) is 0 Å². The first-order valence-electron chi connectivity index (χ1n) is 6.98. The SMILES string of the molecule is O=c1[nH]cnc(NCCNC2CCCCCC2)c1Cl. The molecule has 0 spiro atoms. The van der Waals surface area contributed by atoms with Crippen molar-refractivity contribution in [3.63, 3.8) is 0 Å². The van der Waals surface area contributed by atoms with E-state index in [2.05, 4.69) is 20.6 Å². The zero-order valence-corrected chi connectivity index (χ0v) is 11.8. The summed E-state index contributed by atoms with van der Waals surface area (Å²) in [5, 5.41) is 6.75. The van der Waals surface area contributed by atoms with Crippen molar-refractivity contribution in [3.8, 4) is 0 Å². The minimum Gasteiger partial charge on any atom is -0.367 e. The van der Waals surface area contributed by atoms with Crippen molar-refractivity contribution in [2.45, 2.75) is 44.6 Å². The second-order valence-corrected chi connectivity index (χ2v) is 5.34. The lowest BCUT2D eigenvalue weighted by molar-refractivity contribution is 0.468. The average molecular weight is 285 g/mol. The molecule has 0 aliphatic heterocycles. The van der Waals surface area contributed by atoms with E-state index in [1.165, 1.54) is 44.9 Å². The molecule has 3 N–H and O–H groups in total. The predicted octanol–water partition coefficient (Wildman–Crippen LogP) is 2.15. The molecule has 1 aliphatic rings. The van der Waals surface area contributed by atoms with Crippen LogP contribution < -0.4 is 16.2 Å².